The van der Waals surface area contributed by atoms with Gasteiger partial charge in [0, 0.05) is 31.9 Å². The highest BCUT2D eigenvalue weighted by Crippen LogP contribution is 2.28. The van der Waals surface area contributed by atoms with E-state index in [4.69, 9.17) is 0 Å². The molecule has 4 rings (SSSR count). The number of carbonyl (C=O) groups is 2. The highest BCUT2D eigenvalue weighted by atomic mass is 16.3. The lowest BCUT2D eigenvalue weighted by Gasteiger charge is -2.38. The lowest BCUT2D eigenvalue weighted by atomic mass is 10.1. The zero-order valence-electron chi connectivity index (χ0n) is 15.3. The van der Waals surface area contributed by atoms with Crippen LogP contribution in [0.5, 0.6) is 5.75 Å². The summed E-state index contributed by atoms with van der Waals surface area (Å²) in [7, 11) is 0. The first-order valence-electron chi connectivity index (χ1n) is 9.24. The standard InChI is InChI=1S/C21H23N3O3/c1-15-3-2-4-17(13-15)24-20(26)14-19(21(24)27)23-11-9-22(10-12-23)16-5-7-18(25)8-6-16/h2-8,13,19,25H,9-12,14H2,1H3/t19-/m1/s1. The number of anilines is 2. The van der Waals surface area contributed by atoms with Gasteiger partial charge >= 0.3 is 0 Å². The third-order valence-electron chi connectivity index (χ3n) is 5.35. The number of aryl methyl sites for hydroxylation is 1. The van der Waals surface area contributed by atoms with E-state index in [1.54, 1.807) is 12.1 Å². The molecule has 2 aliphatic heterocycles. The molecule has 6 heteroatoms. The number of hydrogen-bond donors (Lipinski definition) is 1. The minimum Gasteiger partial charge on any atom is -0.508 e. The largest absolute Gasteiger partial charge is 0.508 e. The number of phenols is 1. The second-order valence-electron chi connectivity index (χ2n) is 7.17. The van der Waals surface area contributed by atoms with Gasteiger partial charge in [-0.2, -0.15) is 0 Å². The van der Waals surface area contributed by atoms with Gasteiger partial charge in [0.25, 0.3) is 5.91 Å². The zero-order chi connectivity index (χ0) is 19.0. The molecule has 2 heterocycles. The predicted molar refractivity (Wildman–Crippen MR) is 104 cm³/mol. The molecule has 0 saturated carbocycles. The summed E-state index contributed by atoms with van der Waals surface area (Å²) in [5.74, 6) is 0.00365. The van der Waals surface area contributed by atoms with Gasteiger partial charge in [0.1, 0.15) is 5.75 Å². The molecule has 0 aliphatic carbocycles. The fourth-order valence-electron chi connectivity index (χ4n) is 3.89. The fraction of sp³-hybridized carbons (Fsp3) is 0.333. The smallest absolute Gasteiger partial charge is 0.251 e. The lowest BCUT2D eigenvalue weighted by Crippen LogP contribution is -2.52. The first kappa shape index (κ1) is 17.5. The van der Waals surface area contributed by atoms with Gasteiger partial charge in [-0.3, -0.25) is 14.5 Å². The number of amides is 2. The Morgan fingerprint density at radius 3 is 2.30 bits per heavy atom. The Bertz CT molecular complexity index is 857. The van der Waals surface area contributed by atoms with Crippen LogP contribution in [0.15, 0.2) is 48.5 Å². The average molecular weight is 365 g/mol. The maximum atomic E-state index is 12.9. The summed E-state index contributed by atoms with van der Waals surface area (Å²) in [6.07, 6.45) is 0.242. The van der Waals surface area contributed by atoms with E-state index in [2.05, 4.69) is 9.80 Å². The summed E-state index contributed by atoms with van der Waals surface area (Å²) in [5, 5.41) is 9.43. The Kier molecular flexibility index (Phi) is 4.58. The van der Waals surface area contributed by atoms with Crippen LogP contribution in [0, 0.1) is 6.92 Å². The van der Waals surface area contributed by atoms with Crippen molar-refractivity contribution < 1.29 is 14.7 Å². The molecule has 0 aromatic heterocycles. The van der Waals surface area contributed by atoms with Crippen LogP contribution in [0.4, 0.5) is 11.4 Å². The minimum atomic E-state index is -0.375. The molecular formula is C21H23N3O3. The van der Waals surface area contributed by atoms with Gasteiger partial charge < -0.3 is 10.0 Å². The number of piperazine rings is 1. The molecule has 0 radical (unpaired) electrons. The number of phenolic OH excluding ortho intramolecular Hbond substituents is 1. The fourth-order valence-corrected chi connectivity index (χ4v) is 3.89. The second-order valence-corrected chi connectivity index (χ2v) is 7.17. The molecule has 2 aromatic carbocycles. The van der Waals surface area contributed by atoms with E-state index in [9.17, 15) is 14.7 Å². The number of imide groups is 1. The van der Waals surface area contributed by atoms with Crippen molar-refractivity contribution in [3.8, 4) is 5.75 Å². The van der Waals surface area contributed by atoms with Crippen LogP contribution in [0.2, 0.25) is 0 Å². The molecular weight excluding hydrogens is 342 g/mol. The van der Waals surface area contributed by atoms with Crippen molar-refractivity contribution in [3.63, 3.8) is 0 Å². The Labute approximate surface area is 158 Å². The molecule has 27 heavy (non-hydrogen) atoms. The summed E-state index contributed by atoms with van der Waals surface area (Å²) in [6.45, 7) is 4.98. The van der Waals surface area contributed by atoms with Crippen molar-refractivity contribution in [3.05, 3.63) is 54.1 Å². The molecule has 2 saturated heterocycles. The van der Waals surface area contributed by atoms with Crippen LogP contribution >= 0.6 is 0 Å². The molecule has 2 fully saturated rings. The lowest BCUT2D eigenvalue weighted by molar-refractivity contribution is -0.123. The number of carbonyl (C=O) groups excluding carboxylic acids is 2. The van der Waals surface area contributed by atoms with Gasteiger partial charge in [0.15, 0.2) is 0 Å². The topological polar surface area (TPSA) is 64.1 Å². The minimum absolute atomic E-state index is 0.122. The Balaban J connectivity index is 1.44. The molecule has 2 amide bonds. The molecule has 0 bridgehead atoms. The van der Waals surface area contributed by atoms with Crippen LogP contribution in [-0.4, -0.2) is 54.0 Å². The van der Waals surface area contributed by atoms with E-state index in [-0.39, 0.29) is 30.0 Å². The summed E-state index contributed by atoms with van der Waals surface area (Å²) in [4.78, 5) is 31.1. The Morgan fingerprint density at radius 2 is 1.63 bits per heavy atom. The highest BCUT2D eigenvalue weighted by Gasteiger charge is 2.43. The summed E-state index contributed by atoms with van der Waals surface area (Å²) < 4.78 is 0. The van der Waals surface area contributed by atoms with E-state index in [0.29, 0.717) is 5.69 Å². The van der Waals surface area contributed by atoms with Crippen LogP contribution < -0.4 is 9.80 Å². The van der Waals surface area contributed by atoms with E-state index < -0.39 is 0 Å². The van der Waals surface area contributed by atoms with Crippen molar-refractivity contribution >= 4 is 23.2 Å². The molecule has 0 unspecified atom stereocenters. The maximum Gasteiger partial charge on any atom is 0.251 e. The number of aromatic hydroxyl groups is 1. The van der Waals surface area contributed by atoms with E-state index in [0.717, 1.165) is 37.4 Å². The summed E-state index contributed by atoms with van der Waals surface area (Å²) in [5.41, 5.74) is 2.75. The zero-order valence-corrected chi connectivity index (χ0v) is 15.3. The number of nitrogens with zero attached hydrogens (tertiary/aromatic N) is 3. The summed E-state index contributed by atoms with van der Waals surface area (Å²) >= 11 is 0. The monoisotopic (exact) mass is 365 g/mol. The highest BCUT2D eigenvalue weighted by molar-refractivity contribution is 6.22. The van der Waals surface area contributed by atoms with Gasteiger partial charge in [-0.05, 0) is 48.9 Å². The third kappa shape index (κ3) is 3.40. The quantitative estimate of drug-likeness (QED) is 0.845. The van der Waals surface area contributed by atoms with Crippen molar-refractivity contribution in [1.82, 2.24) is 4.90 Å². The molecule has 1 N–H and O–H groups in total. The second kappa shape index (κ2) is 7.04. The van der Waals surface area contributed by atoms with Gasteiger partial charge in [0.05, 0.1) is 18.2 Å². The Morgan fingerprint density at radius 1 is 0.926 bits per heavy atom. The van der Waals surface area contributed by atoms with Crippen molar-refractivity contribution in [1.29, 1.82) is 0 Å². The first-order valence-corrected chi connectivity index (χ1v) is 9.24. The SMILES string of the molecule is Cc1cccc(N2C(=O)C[C@@H](N3CCN(c4ccc(O)cc4)CC3)C2=O)c1. The average Bonchev–Trinajstić information content (AvgIpc) is 2.97. The predicted octanol–water partition coefficient (Wildman–Crippen LogP) is 2.15. The van der Waals surface area contributed by atoms with Crippen molar-refractivity contribution in [2.24, 2.45) is 0 Å². The van der Waals surface area contributed by atoms with E-state index >= 15 is 0 Å². The molecule has 2 aliphatic rings. The van der Waals surface area contributed by atoms with Crippen molar-refractivity contribution in [2.45, 2.75) is 19.4 Å². The molecule has 6 nitrogen and oxygen atoms in total. The van der Waals surface area contributed by atoms with Gasteiger partial charge in [-0.25, -0.2) is 4.90 Å². The van der Waals surface area contributed by atoms with E-state index in [1.165, 1.54) is 4.90 Å². The van der Waals surface area contributed by atoms with Crippen molar-refractivity contribution in [2.75, 3.05) is 36.0 Å². The molecule has 1 atom stereocenters. The molecule has 2 aromatic rings. The van der Waals surface area contributed by atoms with Crippen LogP contribution in [0.25, 0.3) is 0 Å². The number of hydrogen-bond acceptors (Lipinski definition) is 5. The van der Waals surface area contributed by atoms with Crippen LogP contribution in [-0.2, 0) is 9.59 Å². The van der Waals surface area contributed by atoms with Gasteiger partial charge in [-0.1, -0.05) is 12.1 Å². The van der Waals surface area contributed by atoms with Gasteiger partial charge in [0.2, 0.25) is 5.91 Å². The third-order valence-corrected chi connectivity index (χ3v) is 5.35. The molecule has 0 spiro atoms. The Hall–Kier alpha value is -2.86. The normalized spacial score (nSPS) is 21.1. The maximum absolute atomic E-state index is 12.9. The molecule has 140 valence electrons. The first-order chi connectivity index (χ1) is 13.0. The number of benzene rings is 2. The van der Waals surface area contributed by atoms with Gasteiger partial charge in [-0.15, -0.1) is 0 Å². The summed E-state index contributed by atoms with van der Waals surface area (Å²) in [6, 6.07) is 14.3. The van der Waals surface area contributed by atoms with Crippen LogP contribution in [0.3, 0.4) is 0 Å². The van der Waals surface area contributed by atoms with Crippen LogP contribution in [0.1, 0.15) is 12.0 Å². The number of rotatable bonds is 3. The van der Waals surface area contributed by atoms with E-state index in [1.807, 2.05) is 43.3 Å².